The van der Waals surface area contributed by atoms with Crippen molar-refractivity contribution >= 4 is 38.8 Å². The Morgan fingerprint density at radius 3 is 0.975 bits per heavy atom. The molecular formula is C36H50S2Si2. The second-order valence-electron chi connectivity index (χ2n) is 13.2. The number of hydrogen-bond acceptors (Lipinski definition) is 2. The topological polar surface area (TPSA) is 0 Å². The van der Waals surface area contributed by atoms with Crippen molar-refractivity contribution in [3.05, 3.63) is 58.3 Å². The van der Waals surface area contributed by atoms with Crippen molar-refractivity contribution in [2.45, 2.75) is 116 Å². The molecule has 0 amide bonds. The molecular weight excluding hydrogens is 553 g/mol. The van der Waals surface area contributed by atoms with Crippen LogP contribution >= 0.6 is 22.7 Å². The molecule has 0 unspecified atom stereocenters. The van der Waals surface area contributed by atoms with E-state index in [1.54, 1.807) is 22.7 Å². The van der Waals surface area contributed by atoms with Gasteiger partial charge in [0.2, 0.25) is 0 Å². The van der Waals surface area contributed by atoms with Crippen molar-refractivity contribution in [2.75, 3.05) is 0 Å². The van der Waals surface area contributed by atoms with Gasteiger partial charge in [-0.25, -0.2) is 0 Å². The second-order valence-corrected chi connectivity index (χ2v) is 26.2. The van der Waals surface area contributed by atoms with Crippen molar-refractivity contribution in [3.63, 3.8) is 0 Å². The summed E-state index contributed by atoms with van der Waals surface area (Å²) in [6, 6.07) is 13.5. The van der Waals surface area contributed by atoms with E-state index in [1.807, 2.05) is 0 Å². The van der Waals surface area contributed by atoms with Gasteiger partial charge in [0.1, 0.15) is 16.1 Å². The van der Waals surface area contributed by atoms with Gasteiger partial charge in [-0.05, 0) is 67.3 Å². The second kappa shape index (κ2) is 13.4. The van der Waals surface area contributed by atoms with Crippen LogP contribution in [0.15, 0.2) is 47.2 Å². The molecule has 0 saturated carbocycles. The third kappa shape index (κ3) is 6.32. The van der Waals surface area contributed by atoms with E-state index >= 15 is 0 Å². The highest BCUT2D eigenvalue weighted by atomic mass is 32.1. The summed E-state index contributed by atoms with van der Waals surface area (Å²) in [4.78, 5) is 2.57. The zero-order chi connectivity index (χ0) is 29.8. The van der Waals surface area contributed by atoms with Crippen molar-refractivity contribution in [3.8, 4) is 43.8 Å². The van der Waals surface area contributed by atoms with Gasteiger partial charge in [-0.2, -0.15) is 0 Å². The molecule has 2 aromatic heterocycles. The monoisotopic (exact) mass is 602 g/mol. The molecule has 1 aromatic carbocycles. The molecule has 0 nitrogen and oxygen atoms in total. The van der Waals surface area contributed by atoms with Gasteiger partial charge < -0.3 is 0 Å². The average molecular weight is 603 g/mol. The molecule has 0 spiro atoms. The molecule has 3 aromatic rings. The van der Waals surface area contributed by atoms with Crippen LogP contribution in [-0.2, 0) is 0 Å². The lowest BCUT2D eigenvalue weighted by molar-refractivity contribution is 0.838. The van der Waals surface area contributed by atoms with Gasteiger partial charge in [-0.1, -0.05) is 119 Å². The zero-order valence-electron chi connectivity index (χ0n) is 26.9. The summed E-state index contributed by atoms with van der Waals surface area (Å²) >= 11 is 3.60. The predicted molar refractivity (Wildman–Crippen MR) is 189 cm³/mol. The Hall–Kier alpha value is -1.83. The van der Waals surface area contributed by atoms with Crippen LogP contribution in [0.2, 0.25) is 33.2 Å². The van der Waals surface area contributed by atoms with Crippen LogP contribution in [-0.4, -0.2) is 16.1 Å². The first-order chi connectivity index (χ1) is 18.8. The summed E-state index contributed by atoms with van der Waals surface area (Å²) in [7, 11) is -3.54. The van der Waals surface area contributed by atoms with Crippen LogP contribution in [0, 0.1) is 22.9 Å². The molecule has 0 bridgehead atoms. The summed E-state index contributed by atoms with van der Waals surface area (Å²) in [6.45, 7) is 28.6. The summed E-state index contributed by atoms with van der Waals surface area (Å²) in [5.74, 6) is 7.39. The van der Waals surface area contributed by atoms with E-state index in [9.17, 15) is 0 Å². The van der Waals surface area contributed by atoms with Crippen molar-refractivity contribution < 1.29 is 0 Å². The van der Waals surface area contributed by atoms with E-state index in [0.29, 0.717) is 33.2 Å². The molecule has 0 N–H and O–H groups in total. The molecule has 0 fully saturated rings. The first-order valence-electron chi connectivity index (χ1n) is 15.1. The van der Waals surface area contributed by atoms with Gasteiger partial charge in [-0.15, -0.1) is 33.8 Å². The van der Waals surface area contributed by atoms with Crippen LogP contribution in [0.4, 0.5) is 0 Å². The molecule has 0 atom stereocenters. The smallest absolute Gasteiger partial charge is 0.142 e. The maximum Gasteiger partial charge on any atom is 0.146 e. The fourth-order valence-corrected chi connectivity index (χ4v) is 19.4. The lowest BCUT2D eigenvalue weighted by Gasteiger charge is -2.38. The highest BCUT2D eigenvalue weighted by Crippen LogP contribution is 2.42. The van der Waals surface area contributed by atoms with Gasteiger partial charge in [0, 0.05) is 20.9 Å². The van der Waals surface area contributed by atoms with Crippen LogP contribution in [0.25, 0.3) is 20.9 Å². The lowest BCUT2D eigenvalue weighted by atomic mass is 10.1. The average Bonchev–Trinajstić information content (AvgIpc) is 3.53. The van der Waals surface area contributed by atoms with E-state index in [-0.39, 0.29) is 0 Å². The minimum Gasteiger partial charge on any atom is -0.142 e. The number of benzene rings is 1. The van der Waals surface area contributed by atoms with Crippen LogP contribution in [0.3, 0.4) is 0 Å². The minimum atomic E-state index is -1.77. The normalized spacial score (nSPS) is 12.4. The first kappa shape index (κ1) is 32.7. The first-order valence-corrected chi connectivity index (χ1v) is 21.3. The standard InChI is InChI=1S/C36H50S2Si2/c1-25(2)39(26(3)4,27(5)6)23-19-33-17-21-37-35(33)31-13-15-32(16-14-31)36-34(18-22-38-36)20-24-40(28(7)8,29(9)10)30(11)12/h13-18,21-22,25-30H,1-12H3. The van der Waals surface area contributed by atoms with Gasteiger partial charge in [-0.3, -0.25) is 0 Å². The third-order valence-corrected chi connectivity index (χ3v) is 23.8. The Bertz CT molecular complexity index is 1230. The lowest BCUT2D eigenvalue weighted by Crippen LogP contribution is -2.43. The SMILES string of the molecule is CC(C)[Si](C#Cc1ccsc1-c1ccc(-c2sccc2C#C[Si](C(C)C)(C(C)C)C(C)C)cc1)(C(C)C)C(C)C. The fourth-order valence-electron chi connectivity index (χ4n) is 7.25. The zero-order valence-corrected chi connectivity index (χ0v) is 30.5. The Labute approximate surface area is 256 Å². The van der Waals surface area contributed by atoms with E-state index in [0.717, 1.165) is 0 Å². The number of rotatable bonds is 8. The molecule has 40 heavy (non-hydrogen) atoms. The van der Waals surface area contributed by atoms with Crippen LogP contribution < -0.4 is 0 Å². The molecule has 0 aliphatic carbocycles. The van der Waals surface area contributed by atoms with E-state index in [2.05, 4.69) is 153 Å². The molecule has 214 valence electrons. The molecule has 0 aliphatic heterocycles. The quantitative estimate of drug-likeness (QED) is 0.178. The Morgan fingerprint density at radius 2 is 0.725 bits per heavy atom. The maximum absolute atomic E-state index is 3.92. The van der Waals surface area contributed by atoms with Crippen LogP contribution in [0.1, 0.15) is 94.2 Å². The van der Waals surface area contributed by atoms with Gasteiger partial charge in [0.25, 0.3) is 0 Å². The minimum absolute atomic E-state index is 0.638. The molecule has 4 heteroatoms. The Morgan fingerprint density at radius 1 is 0.450 bits per heavy atom. The summed E-state index contributed by atoms with van der Waals surface area (Å²) in [5.41, 5.74) is 16.5. The highest BCUT2D eigenvalue weighted by molar-refractivity contribution is 7.14. The summed E-state index contributed by atoms with van der Waals surface area (Å²) in [6.07, 6.45) is 0. The molecule has 3 rings (SSSR count). The van der Waals surface area contributed by atoms with Crippen molar-refractivity contribution in [1.29, 1.82) is 0 Å². The highest BCUT2D eigenvalue weighted by Gasteiger charge is 2.42. The fraction of sp³-hybridized carbons (Fsp3) is 0.500. The third-order valence-electron chi connectivity index (χ3n) is 9.30. The van der Waals surface area contributed by atoms with Gasteiger partial charge >= 0.3 is 0 Å². The Balaban J connectivity index is 1.97. The van der Waals surface area contributed by atoms with E-state index < -0.39 is 16.1 Å². The molecule has 0 aliphatic rings. The van der Waals surface area contributed by atoms with Gasteiger partial charge in [0.05, 0.1) is 0 Å². The summed E-state index contributed by atoms with van der Waals surface area (Å²) < 4.78 is 0. The largest absolute Gasteiger partial charge is 0.146 e. The predicted octanol–water partition coefficient (Wildman–Crippen LogP) is 12.3. The molecule has 2 heterocycles. The van der Waals surface area contributed by atoms with Crippen LogP contribution in [0.5, 0.6) is 0 Å². The number of thiophene rings is 2. The molecule has 0 saturated heterocycles. The van der Waals surface area contributed by atoms with Crippen molar-refractivity contribution in [1.82, 2.24) is 0 Å². The summed E-state index contributed by atoms with van der Waals surface area (Å²) in [5, 5.41) is 4.38. The molecule has 0 radical (unpaired) electrons. The van der Waals surface area contributed by atoms with Crippen molar-refractivity contribution in [2.24, 2.45) is 0 Å². The van der Waals surface area contributed by atoms with Gasteiger partial charge in [0.15, 0.2) is 0 Å². The van der Waals surface area contributed by atoms with E-state index in [1.165, 1.54) is 32.0 Å². The van der Waals surface area contributed by atoms with E-state index in [4.69, 9.17) is 0 Å². The Kier molecular flexibility index (Phi) is 11.0. The number of hydrogen-bond donors (Lipinski definition) is 0. The maximum atomic E-state index is 3.92.